The molecule has 1 saturated heterocycles. The summed E-state index contributed by atoms with van der Waals surface area (Å²) < 4.78 is 6.99. The van der Waals surface area contributed by atoms with E-state index in [-0.39, 0.29) is 5.56 Å². The summed E-state index contributed by atoms with van der Waals surface area (Å²) >= 11 is 0. The van der Waals surface area contributed by atoms with E-state index < -0.39 is 0 Å². The Balaban J connectivity index is 2.09. The van der Waals surface area contributed by atoms with Gasteiger partial charge in [-0.25, -0.2) is 4.98 Å². The van der Waals surface area contributed by atoms with Gasteiger partial charge in [0.2, 0.25) is 0 Å². The van der Waals surface area contributed by atoms with Crippen LogP contribution in [0.15, 0.2) is 17.2 Å². The highest BCUT2D eigenvalue weighted by Gasteiger charge is 2.15. The van der Waals surface area contributed by atoms with Crippen molar-refractivity contribution in [2.24, 2.45) is 0 Å². The first-order chi connectivity index (χ1) is 8.31. The largest absolute Gasteiger partial charge is 0.381 e. The molecule has 1 aliphatic heterocycles. The van der Waals surface area contributed by atoms with Crippen LogP contribution in [0, 0.1) is 0 Å². The summed E-state index contributed by atoms with van der Waals surface area (Å²) in [5.41, 5.74) is -0.0270. The average Bonchev–Trinajstić information content (AvgIpc) is 2.36. The third kappa shape index (κ3) is 3.06. The smallest absolute Gasteiger partial charge is 0.293 e. The molecular weight excluding hydrogens is 218 g/mol. The maximum Gasteiger partial charge on any atom is 0.293 e. The molecule has 17 heavy (non-hydrogen) atoms. The molecule has 0 saturated carbocycles. The Hall–Kier alpha value is -1.36. The van der Waals surface area contributed by atoms with Crippen LogP contribution in [0.1, 0.15) is 26.2 Å². The Kier molecular flexibility index (Phi) is 4.14. The Morgan fingerprint density at radius 3 is 3.00 bits per heavy atom. The lowest BCUT2D eigenvalue weighted by molar-refractivity contribution is 0.0903. The van der Waals surface area contributed by atoms with E-state index in [1.807, 2.05) is 0 Å². The molecule has 0 amide bonds. The van der Waals surface area contributed by atoms with Gasteiger partial charge in [0, 0.05) is 38.2 Å². The van der Waals surface area contributed by atoms with Gasteiger partial charge in [0.05, 0.1) is 0 Å². The van der Waals surface area contributed by atoms with E-state index in [0.29, 0.717) is 11.9 Å². The lowest BCUT2D eigenvalue weighted by Gasteiger charge is -2.23. The third-order valence-electron chi connectivity index (χ3n) is 2.94. The molecule has 5 heteroatoms. The maximum absolute atomic E-state index is 12.0. The van der Waals surface area contributed by atoms with E-state index in [0.717, 1.165) is 39.0 Å². The molecule has 2 heterocycles. The topological polar surface area (TPSA) is 56.1 Å². The van der Waals surface area contributed by atoms with Gasteiger partial charge in [0.25, 0.3) is 5.56 Å². The first-order valence-corrected chi connectivity index (χ1v) is 6.21. The molecule has 1 aromatic heterocycles. The molecule has 0 bridgehead atoms. The fourth-order valence-corrected chi connectivity index (χ4v) is 2.00. The number of anilines is 1. The molecule has 0 aliphatic carbocycles. The van der Waals surface area contributed by atoms with Crippen LogP contribution in [-0.4, -0.2) is 28.8 Å². The normalized spacial score (nSPS) is 17.0. The number of aryl methyl sites for hydroxylation is 1. The summed E-state index contributed by atoms with van der Waals surface area (Å²) in [6.45, 7) is 4.31. The van der Waals surface area contributed by atoms with Crippen LogP contribution >= 0.6 is 0 Å². The van der Waals surface area contributed by atoms with Gasteiger partial charge in [0.15, 0.2) is 5.82 Å². The molecule has 94 valence electrons. The maximum atomic E-state index is 12.0. The second-order valence-electron chi connectivity index (χ2n) is 4.31. The number of nitrogens with zero attached hydrogens (tertiary/aromatic N) is 2. The second kappa shape index (κ2) is 5.82. The van der Waals surface area contributed by atoms with Crippen LogP contribution in [0.3, 0.4) is 0 Å². The highest BCUT2D eigenvalue weighted by atomic mass is 16.5. The molecular formula is C12H19N3O2. The lowest BCUT2D eigenvalue weighted by atomic mass is 10.1. The minimum absolute atomic E-state index is 0.0270. The van der Waals surface area contributed by atoms with Crippen molar-refractivity contribution in [3.63, 3.8) is 0 Å². The van der Waals surface area contributed by atoms with Gasteiger partial charge in [-0.15, -0.1) is 0 Å². The predicted octanol–water partition coefficient (Wildman–Crippen LogP) is 1.24. The zero-order valence-electron chi connectivity index (χ0n) is 10.2. The van der Waals surface area contributed by atoms with Gasteiger partial charge in [-0.3, -0.25) is 4.79 Å². The number of ether oxygens (including phenoxy) is 1. The van der Waals surface area contributed by atoms with Crippen molar-refractivity contribution >= 4 is 5.82 Å². The molecule has 0 spiro atoms. The van der Waals surface area contributed by atoms with Crippen molar-refractivity contribution in [3.8, 4) is 0 Å². The van der Waals surface area contributed by atoms with E-state index in [4.69, 9.17) is 4.74 Å². The van der Waals surface area contributed by atoms with E-state index in [1.165, 1.54) is 0 Å². The minimum atomic E-state index is -0.0270. The third-order valence-corrected chi connectivity index (χ3v) is 2.94. The summed E-state index contributed by atoms with van der Waals surface area (Å²) in [6.07, 6.45) is 6.23. The molecule has 1 aliphatic rings. The van der Waals surface area contributed by atoms with Crippen LogP contribution in [-0.2, 0) is 11.3 Å². The summed E-state index contributed by atoms with van der Waals surface area (Å²) in [6, 6.07) is 0.307. The van der Waals surface area contributed by atoms with Crippen molar-refractivity contribution in [1.82, 2.24) is 9.55 Å². The molecule has 0 unspecified atom stereocenters. The predicted molar refractivity (Wildman–Crippen MR) is 66.3 cm³/mol. The van der Waals surface area contributed by atoms with Crippen molar-refractivity contribution in [2.75, 3.05) is 18.5 Å². The summed E-state index contributed by atoms with van der Waals surface area (Å²) in [4.78, 5) is 16.2. The zero-order valence-corrected chi connectivity index (χ0v) is 10.2. The van der Waals surface area contributed by atoms with Gasteiger partial charge in [0.1, 0.15) is 0 Å². The molecule has 0 radical (unpaired) electrons. The first kappa shape index (κ1) is 12.1. The second-order valence-corrected chi connectivity index (χ2v) is 4.31. The quantitative estimate of drug-likeness (QED) is 0.856. The monoisotopic (exact) mass is 237 g/mol. The van der Waals surface area contributed by atoms with Gasteiger partial charge >= 0.3 is 0 Å². The summed E-state index contributed by atoms with van der Waals surface area (Å²) in [7, 11) is 0. The van der Waals surface area contributed by atoms with Crippen molar-refractivity contribution in [3.05, 3.63) is 22.7 Å². The van der Waals surface area contributed by atoms with Gasteiger partial charge in [-0.05, 0) is 19.3 Å². The Morgan fingerprint density at radius 2 is 2.29 bits per heavy atom. The number of rotatable bonds is 4. The lowest BCUT2D eigenvalue weighted by Crippen LogP contribution is -2.33. The summed E-state index contributed by atoms with van der Waals surface area (Å²) in [5.74, 6) is 0.466. The molecule has 1 aromatic rings. The van der Waals surface area contributed by atoms with Gasteiger partial charge < -0.3 is 14.6 Å². The number of hydrogen-bond acceptors (Lipinski definition) is 4. The Labute approximate surface area is 101 Å². The molecule has 1 N–H and O–H groups in total. The average molecular weight is 237 g/mol. The van der Waals surface area contributed by atoms with Gasteiger partial charge in [-0.2, -0.15) is 0 Å². The first-order valence-electron chi connectivity index (χ1n) is 6.21. The standard InChI is InChI=1S/C12H19N3O2/c1-2-6-15-7-5-13-11(12(15)16)14-10-3-8-17-9-4-10/h5,7,10H,2-4,6,8-9H2,1H3,(H,13,14). The molecule has 1 fully saturated rings. The number of nitrogens with one attached hydrogen (secondary N) is 1. The number of hydrogen-bond donors (Lipinski definition) is 1. The molecule has 0 atom stereocenters. The van der Waals surface area contributed by atoms with Crippen molar-refractivity contribution in [2.45, 2.75) is 38.8 Å². The SMILES string of the molecule is CCCn1ccnc(NC2CCOCC2)c1=O. The Morgan fingerprint density at radius 1 is 1.53 bits per heavy atom. The van der Waals surface area contributed by atoms with Crippen LogP contribution < -0.4 is 10.9 Å². The molecule has 0 aromatic carbocycles. The fraction of sp³-hybridized carbons (Fsp3) is 0.667. The van der Waals surface area contributed by atoms with Crippen LogP contribution in [0.25, 0.3) is 0 Å². The van der Waals surface area contributed by atoms with Crippen molar-refractivity contribution in [1.29, 1.82) is 0 Å². The van der Waals surface area contributed by atoms with E-state index in [1.54, 1.807) is 17.0 Å². The highest BCUT2D eigenvalue weighted by Crippen LogP contribution is 2.10. The summed E-state index contributed by atoms with van der Waals surface area (Å²) in [5, 5.41) is 3.22. The van der Waals surface area contributed by atoms with E-state index in [2.05, 4.69) is 17.2 Å². The Bertz CT molecular complexity index is 410. The molecule has 2 rings (SSSR count). The van der Waals surface area contributed by atoms with Crippen molar-refractivity contribution < 1.29 is 4.74 Å². The van der Waals surface area contributed by atoms with Crippen LogP contribution in [0.4, 0.5) is 5.82 Å². The van der Waals surface area contributed by atoms with Gasteiger partial charge in [-0.1, -0.05) is 6.92 Å². The van der Waals surface area contributed by atoms with E-state index >= 15 is 0 Å². The van der Waals surface area contributed by atoms with E-state index in [9.17, 15) is 4.79 Å². The fourth-order valence-electron chi connectivity index (χ4n) is 2.00. The number of aromatic nitrogens is 2. The van der Waals surface area contributed by atoms with Crippen LogP contribution in [0.5, 0.6) is 0 Å². The minimum Gasteiger partial charge on any atom is -0.381 e. The highest BCUT2D eigenvalue weighted by molar-refractivity contribution is 5.32. The zero-order chi connectivity index (χ0) is 12.1. The van der Waals surface area contributed by atoms with Crippen LogP contribution in [0.2, 0.25) is 0 Å². The molecule has 5 nitrogen and oxygen atoms in total.